The Labute approximate surface area is 173 Å². The molecule has 2 aromatic carbocycles. The zero-order chi connectivity index (χ0) is 19.3. The standard InChI is InChI=1S/C20H22Cl2O6/c21-7-13-9-25-19(27-13)11-23-17-5-1-3-15-16(17)4-2-6-18(15)24-12-20-26-10-14(8-22)28-20/h1-6,13-14,19-20H,7-12H2. The maximum absolute atomic E-state index is 5.94. The molecule has 2 aliphatic heterocycles. The molecular formula is C20H22Cl2O6. The Morgan fingerprint density at radius 1 is 0.750 bits per heavy atom. The molecule has 6 nitrogen and oxygen atoms in total. The monoisotopic (exact) mass is 428 g/mol. The van der Waals surface area contributed by atoms with Crippen molar-refractivity contribution in [1.29, 1.82) is 0 Å². The van der Waals surface area contributed by atoms with E-state index >= 15 is 0 Å². The predicted octanol–water partition coefficient (Wildman–Crippen LogP) is 3.56. The lowest BCUT2D eigenvalue weighted by atomic mass is 10.1. The van der Waals surface area contributed by atoms with Crippen LogP contribution in [0.4, 0.5) is 0 Å². The maximum atomic E-state index is 5.94. The van der Waals surface area contributed by atoms with Crippen LogP contribution in [0.1, 0.15) is 0 Å². The highest BCUT2D eigenvalue weighted by molar-refractivity contribution is 6.18. The van der Waals surface area contributed by atoms with Gasteiger partial charge in [0, 0.05) is 10.8 Å². The first-order chi connectivity index (χ1) is 13.8. The Balaban J connectivity index is 1.41. The van der Waals surface area contributed by atoms with Crippen LogP contribution in [0.3, 0.4) is 0 Å². The van der Waals surface area contributed by atoms with Crippen molar-refractivity contribution >= 4 is 34.0 Å². The number of fused-ring (bicyclic) bond motifs is 1. The van der Waals surface area contributed by atoms with Crippen molar-refractivity contribution in [1.82, 2.24) is 0 Å². The van der Waals surface area contributed by atoms with E-state index in [0.717, 1.165) is 22.3 Å². The normalized spacial score (nSPS) is 27.4. The van der Waals surface area contributed by atoms with Gasteiger partial charge in [-0.05, 0) is 12.1 Å². The second-order valence-corrected chi connectivity index (χ2v) is 7.20. The molecule has 0 bridgehead atoms. The molecular weight excluding hydrogens is 407 g/mol. The smallest absolute Gasteiger partial charge is 0.192 e. The summed E-state index contributed by atoms with van der Waals surface area (Å²) in [5.41, 5.74) is 0. The third-order valence-electron chi connectivity index (χ3n) is 4.56. The molecule has 2 aliphatic rings. The summed E-state index contributed by atoms with van der Waals surface area (Å²) in [7, 11) is 0. The molecule has 28 heavy (non-hydrogen) atoms. The van der Waals surface area contributed by atoms with Gasteiger partial charge in [-0.15, -0.1) is 23.2 Å². The van der Waals surface area contributed by atoms with Crippen molar-refractivity contribution in [2.24, 2.45) is 0 Å². The molecule has 152 valence electrons. The third kappa shape index (κ3) is 4.64. The van der Waals surface area contributed by atoms with E-state index in [0.29, 0.717) is 38.2 Å². The zero-order valence-electron chi connectivity index (χ0n) is 15.2. The van der Waals surface area contributed by atoms with Gasteiger partial charge >= 0.3 is 0 Å². The fraction of sp³-hybridized carbons (Fsp3) is 0.500. The first-order valence-corrected chi connectivity index (χ1v) is 10.3. The quantitative estimate of drug-likeness (QED) is 0.599. The summed E-state index contributed by atoms with van der Waals surface area (Å²) < 4.78 is 34.2. The Morgan fingerprint density at radius 2 is 1.21 bits per heavy atom. The third-order valence-corrected chi connectivity index (χ3v) is 5.25. The van der Waals surface area contributed by atoms with Crippen LogP contribution in [0.25, 0.3) is 10.8 Å². The minimum atomic E-state index is -0.412. The van der Waals surface area contributed by atoms with Gasteiger partial charge in [-0.2, -0.15) is 0 Å². The molecule has 8 heteroatoms. The van der Waals surface area contributed by atoms with Crippen LogP contribution in [0.2, 0.25) is 0 Å². The summed E-state index contributed by atoms with van der Waals surface area (Å²) in [6.07, 6.45) is -0.989. The highest BCUT2D eigenvalue weighted by Crippen LogP contribution is 2.33. The van der Waals surface area contributed by atoms with Gasteiger partial charge in [0.1, 0.15) is 24.7 Å². The Kier molecular flexibility index (Phi) is 6.77. The summed E-state index contributed by atoms with van der Waals surface area (Å²) >= 11 is 11.6. The number of benzene rings is 2. The molecule has 0 amide bonds. The number of ether oxygens (including phenoxy) is 6. The van der Waals surface area contributed by atoms with Crippen molar-refractivity contribution in [3.05, 3.63) is 36.4 Å². The molecule has 2 heterocycles. The van der Waals surface area contributed by atoms with Gasteiger partial charge in [0.15, 0.2) is 12.6 Å². The SMILES string of the molecule is ClCC1COC(COc2cccc3c(OCC4OCC(CCl)O4)cccc23)O1. The van der Waals surface area contributed by atoms with Crippen molar-refractivity contribution in [3.63, 3.8) is 0 Å². The van der Waals surface area contributed by atoms with Gasteiger partial charge in [-0.25, -0.2) is 0 Å². The van der Waals surface area contributed by atoms with Gasteiger partial charge in [0.05, 0.1) is 37.2 Å². The predicted molar refractivity (Wildman–Crippen MR) is 106 cm³/mol. The van der Waals surface area contributed by atoms with Crippen molar-refractivity contribution in [2.75, 3.05) is 38.2 Å². The molecule has 2 aromatic rings. The van der Waals surface area contributed by atoms with Gasteiger partial charge in [-0.3, -0.25) is 0 Å². The van der Waals surface area contributed by atoms with Crippen molar-refractivity contribution in [3.8, 4) is 11.5 Å². The Morgan fingerprint density at radius 3 is 1.61 bits per heavy atom. The maximum Gasteiger partial charge on any atom is 0.192 e. The number of rotatable bonds is 8. The van der Waals surface area contributed by atoms with E-state index in [1.807, 2.05) is 36.4 Å². The van der Waals surface area contributed by atoms with Crippen LogP contribution >= 0.6 is 23.2 Å². The summed E-state index contributed by atoms with van der Waals surface area (Å²) in [5, 5.41) is 1.89. The molecule has 2 saturated heterocycles. The minimum absolute atomic E-state index is 0.0822. The molecule has 0 N–H and O–H groups in total. The van der Waals surface area contributed by atoms with E-state index in [2.05, 4.69) is 0 Å². The minimum Gasteiger partial charge on any atom is -0.488 e. The van der Waals surface area contributed by atoms with E-state index in [1.165, 1.54) is 0 Å². The van der Waals surface area contributed by atoms with Gasteiger partial charge in [-0.1, -0.05) is 24.3 Å². The van der Waals surface area contributed by atoms with Gasteiger partial charge in [0.25, 0.3) is 0 Å². The van der Waals surface area contributed by atoms with Crippen molar-refractivity contribution in [2.45, 2.75) is 24.8 Å². The number of alkyl halides is 2. The lowest BCUT2D eigenvalue weighted by molar-refractivity contribution is -0.0790. The average molecular weight is 429 g/mol. The number of halogens is 2. The molecule has 4 atom stereocenters. The number of hydrogen-bond acceptors (Lipinski definition) is 6. The second kappa shape index (κ2) is 9.48. The van der Waals surface area contributed by atoms with Crippen LogP contribution in [-0.4, -0.2) is 63.0 Å². The first-order valence-electron chi connectivity index (χ1n) is 9.20. The molecule has 0 spiro atoms. The number of hydrogen-bond donors (Lipinski definition) is 0. The van der Waals surface area contributed by atoms with E-state index in [1.54, 1.807) is 0 Å². The van der Waals surface area contributed by atoms with Crippen molar-refractivity contribution < 1.29 is 28.4 Å². The zero-order valence-corrected chi connectivity index (χ0v) is 16.7. The second-order valence-electron chi connectivity index (χ2n) is 6.58. The van der Waals surface area contributed by atoms with E-state index in [4.69, 9.17) is 51.6 Å². The molecule has 0 aromatic heterocycles. The fourth-order valence-corrected chi connectivity index (χ4v) is 3.50. The molecule has 0 radical (unpaired) electrons. The van der Waals surface area contributed by atoms with Crippen LogP contribution in [0.15, 0.2) is 36.4 Å². The lowest BCUT2D eigenvalue weighted by Gasteiger charge is -2.16. The summed E-state index contributed by atoms with van der Waals surface area (Å²) in [6.45, 7) is 1.56. The molecule has 2 fully saturated rings. The molecule has 0 saturated carbocycles. The average Bonchev–Trinajstić information content (AvgIpc) is 3.39. The summed E-state index contributed by atoms with van der Waals surface area (Å²) in [6, 6.07) is 11.6. The van der Waals surface area contributed by atoms with Crippen LogP contribution in [0.5, 0.6) is 11.5 Å². The molecule has 4 rings (SSSR count). The first kappa shape index (κ1) is 20.0. The van der Waals surface area contributed by atoms with Crippen LogP contribution in [0, 0.1) is 0 Å². The van der Waals surface area contributed by atoms with Crippen LogP contribution < -0.4 is 9.47 Å². The van der Waals surface area contributed by atoms with E-state index in [9.17, 15) is 0 Å². The lowest BCUT2D eigenvalue weighted by Crippen LogP contribution is -2.21. The molecule has 4 unspecified atom stereocenters. The topological polar surface area (TPSA) is 55.4 Å². The fourth-order valence-electron chi connectivity index (χ4n) is 3.17. The summed E-state index contributed by atoms with van der Waals surface area (Å²) in [4.78, 5) is 0. The highest BCUT2D eigenvalue weighted by atomic mass is 35.5. The van der Waals surface area contributed by atoms with Gasteiger partial charge in [0.2, 0.25) is 0 Å². The van der Waals surface area contributed by atoms with Gasteiger partial charge < -0.3 is 28.4 Å². The van der Waals surface area contributed by atoms with Crippen LogP contribution in [-0.2, 0) is 18.9 Å². The van der Waals surface area contributed by atoms with E-state index < -0.39 is 12.6 Å². The van der Waals surface area contributed by atoms with E-state index in [-0.39, 0.29) is 12.2 Å². The Hall–Kier alpha value is -1.28. The molecule has 0 aliphatic carbocycles. The highest BCUT2D eigenvalue weighted by Gasteiger charge is 2.27. The Bertz CT molecular complexity index is 723. The summed E-state index contributed by atoms with van der Waals surface area (Å²) in [5.74, 6) is 2.29. The largest absolute Gasteiger partial charge is 0.488 e.